The molecular formula is C32H34F14N3-. The molecular weight excluding hydrogens is 692 g/mol. The summed E-state index contributed by atoms with van der Waals surface area (Å²) < 4.78 is 201. The lowest BCUT2D eigenvalue weighted by molar-refractivity contribution is -0.337. The Balaban J connectivity index is 3.29. The molecule has 0 radical (unpaired) electrons. The summed E-state index contributed by atoms with van der Waals surface area (Å²) in [4.78, 5) is 6.37. The van der Waals surface area contributed by atoms with Crippen LogP contribution in [0.3, 0.4) is 0 Å². The van der Waals surface area contributed by atoms with E-state index in [1.54, 1.807) is 0 Å². The number of alkyl halides is 14. The van der Waals surface area contributed by atoms with Crippen LogP contribution in [0, 0.1) is 0 Å². The Labute approximate surface area is 273 Å². The van der Waals surface area contributed by atoms with Gasteiger partial charge in [-0.25, -0.2) is 0 Å². The van der Waals surface area contributed by atoms with Crippen LogP contribution in [0.1, 0.15) is 101 Å². The summed E-state index contributed by atoms with van der Waals surface area (Å²) >= 11 is 0. The molecule has 0 aliphatic carbocycles. The monoisotopic (exact) mass is 726 g/mol. The minimum Gasteiger partial charge on any atom is -0.359 e. The van der Waals surface area contributed by atoms with Crippen LogP contribution < -0.4 is 0 Å². The normalized spacial score (nSPS) is 14.9. The first-order valence-electron chi connectivity index (χ1n) is 14.7. The van der Waals surface area contributed by atoms with Gasteiger partial charge >= 0.3 is 36.0 Å². The fraction of sp³-hybridized carbons (Fsp3) is 0.562. The van der Waals surface area contributed by atoms with Crippen LogP contribution in [0.2, 0.25) is 0 Å². The average Bonchev–Trinajstić information content (AvgIpc) is 2.94. The predicted molar refractivity (Wildman–Crippen MR) is 159 cm³/mol. The standard InChI is InChI=1S/C32H34F14N3/c1-15(2)19-11-9-12-20(16(3)4)23(19)47-25(27(33,34)29(37,38)31(41,42)43)49-26(28(35,36)30(39,40)32(44,45)46)48-24-21(17(5)6)13-10-14-22(24)18(7)8/h9-18H,1-8H3/q-1. The molecule has 0 saturated heterocycles. The minimum absolute atomic E-state index is 0.108. The summed E-state index contributed by atoms with van der Waals surface area (Å²) in [7, 11) is 0. The van der Waals surface area contributed by atoms with Gasteiger partial charge in [0.2, 0.25) is 0 Å². The molecule has 0 heterocycles. The maximum absolute atomic E-state index is 15.5. The molecule has 2 rings (SSSR count). The molecule has 0 N–H and O–H groups in total. The van der Waals surface area contributed by atoms with Gasteiger partial charge in [-0.3, -0.25) is 0 Å². The van der Waals surface area contributed by atoms with Crippen LogP contribution in [0.5, 0.6) is 0 Å². The molecule has 49 heavy (non-hydrogen) atoms. The molecule has 0 saturated carbocycles. The van der Waals surface area contributed by atoms with Gasteiger partial charge in [-0.2, -0.15) is 61.5 Å². The molecule has 0 aliphatic heterocycles. The zero-order chi connectivity index (χ0) is 38.3. The fourth-order valence-electron chi connectivity index (χ4n) is 4.56. The van der Waals surface area contributed by atoms with Gasteiger partial charge in [0, 0.05) is 0 Å². The van der Waals surface area contributed by atoms with Crippen LogP contribution in [-0.4, -0.2) is 47.7 Å². The van der Waals surface area contributed by atoms with Crippen molar-refractivity contribution in [3.8, 4) is 0 Å². The third-order valence-electron chi connectivity index (χ3n) is 7.39. The Morgan fingerprint density at radius 1 is 0.449 bits per heavy atom. The lowest BCUT2D eigenvalue weighted by Gasteiger charge is -2.37. The molecule has 3 nitrogen and oxygen atoms in total. The summed E-state index contributed by atoms with van der Waals surface area (Å²) in [5, 5.41) is 2.41. The minimum atomic E-state index is -7.15. The quantitative estimate of drug-likeness (QED) is 0.133. The van der Waals surface area contributed by atoms with Gasteiger partial charge in [0.05, 0.1) is 11.7 Å². The molecule has 2 aromatic rings. The Morgan fingerprint density at radius 2 is 0.673 bits per heavy atom. The van der Waals surface area contributed by atoms with Gasteiger partial charge in [0.25, 0.3) is 0 Å². The van der Waals surface area contributed by atoms with Crippen molar-refractivity contribution in [3.05, 3.63) is 64.0 Å². The van der Waals surface area contributed by atoms with Gasteiger partial charge in [0.1, 0.15) is 0 Å². The molecule has 0 fully saturated rings. The summed E-state index contributed by atoms with van der Waals surface area (Å²) in [6, 6.07) is 7.41. The Hall–Kier alpha value is -3.40. The molecule has 276 valence electrons. The Morgan fingerprint density at radius 3 is 0.857 bits per heavy atom. The first kappa shape index (κ1) is 41.8. The first-order chi connectivity index (χ1) is 21.9. The number of para-hydroxylation sites is 2. The van der Waals surface area contributed by atoms with Crippen LogP contribution in [0.4, 0.5) is 72.8 Å². The van der Waals surface area contributed by atoms with Gasteiger partial charge in [-0.15, -0.1) is 0 Å². The van der Waals surface area contributed by atoms with E-state index in [9.17, 15) is 43.9 Å². The molecule has 2 aromatic carbocycles. The number of benzene rings is 2. The predicted octanol–water partition coefficient (Wildman–Crippen LogP) is 13.0. The summed E-state index contributed by atoms with van der Waals surface area (Å²) in [5.41, 5.74) is -1.96. The number of nitrogens with zero attached hydrogens (tertiary/aromatic N) is 3. The van der Waals surface area contributed by atoms with Crippen molar-refractivity contribution in [2.75, 3.05) is 0 Å². The number of rotatable bonds is 10. The summed E-state index contributed by atoms with van der Waals surface area (Å²) in [6.07, 6.45) is -14.2. The third-order valence-corrected chi connectivity index (χ3v) is 7.39. The average molecular weight is 727 g/mol. The second-order valence-corrected chi connectivity index (χ2v) is 12.5. The SMILES string of the molecule is CC(C)c1cccc(C(C)C)c1N=C([N-]C(=Nc1c(C(C)C)cccc1C(C)C)C(F)(F)C(F)(F)C(F)(F)F)C(F)(F)C(F)(F)C(F)(F)F. The Kier molecular flexibility index (Phi) is 12.0. The first-order valence-corrected chi connectivity index (χ1v) is 14.7. The van der Waals surface area contributed by atoms with Gasteiger partial charge in [0.15, 0.2) is 0 Å². The van der Waals surface area contributed by atoms with E-state index in [1.807, 2.05) is 0 Å². The molecule has 0 aliphatic rings. The van der Waals surface area contributed by atoms with Crippen LogP contribution in [-0.2, 0) is 0 Å². The maximum atomic E-state index is 15.5. The van der Waals surface area contributed by atoms with Crippen molar-refractivity contribution < 1.29 is 61.5 Å². The number of hydrogen-bond acceptors (Lipinski definition) is 2. The van der Waals surface area contributed by atoms with E-state index >= 15 is 17.6 Å². The van der Waals surface area contributed by atoms with Gasteiger partial charge < -0.3 is 15.3 Å². The molecule has 0 atom stereocenters. The molecule has 0 aromatic heterocycles. The van der Waals surface area contributed by atoms with Crippen molar-refractivity contribution >= 4 is 23.0 Å². The zero-order valence-corrected chi connectivity index (χ0v) is 27.4. The second kappa shape index (κ2) is 14.1. The van der Waals surface area contributed by atoms with E-state index in [-0.39, 0.29) is 22.3 Å². The van der Waals surface area contributed by atoms with E-state index in [4.69, 9.17) is 0 Å². The summed E-state index contributed by atoms with van der Waals surface area (Å²) in [6.45, 7) is 11.3. The second-order valence-electron chi connectivity index (χ2n) is 12.5. The van der Waals surface area contributed by atoms with E-state index in [0.717, 1.165) is 0 Å². The third kappa shape index (κ3) is 8.00. The van der Waals surface area contributed by atoms with E-state index < -0.39 is 82.8 Å². The van der Waals surface area contributed by atoms with Crippen molar-refractivity contribution in [2.24, 2.45) is 9.98 Å². The number of aliphatic imine (C=N–C) groups is 2. The lowest BCUT2D eigenvalue weighted by atomic mass is 9.92. The number of hydrogen-bond donors (Lipinski definition) is 0. The van der Waals surface area contributed by atoms with Crippen molar-refractivity contribution in [1.82, 2.24) is 0 Å². The van der Waals surface area contributed by atoms with Gasteiger partial charge in [-0.05, 0) is 57.3 Å². The van der Waals surface area contributed by atoms with Crippen molar-refractivity contribution in [2.45, 2.75) is 115 Å². The fourth-order valence-corrected chi connectivity index (χ4v) is 4.56. The smallest absolute Gasteiger partial charge is 0.359 e. The van der Waals surface area contributed by atoms with E-state index in [0.29, 0.717) is 0 Å². The van der Waals surface area contributed by atoms with Crippen molar-refractivity contribution in [3.63, 3.8) is 0 Å². The highest BCUT2D eigenvalue weighted by Crippen LogP contribution is 2.52. The maximum Gasteiger partial charge on any atom is 0.460 e. The zero-order valence-electron chi connectivity index (χ0n) is 27.4. The van der Waals surface area contributed by atoms with Crippen LogP contribution in [0.15, 0.2) is 46.4 Å². The number of halogens is 14. The molecule has 0 unspecified atom stereocenters. The van der Waals surface area contributed by atoms with E-state index in [1.165, 1.54) is 91.8 Å². The topological polar surface area (TPSA) is 38.8 Å². The lowest BCUT2D eigenvalue weighted by Crippen LogP contribution is -2.59. The van der Waals surface area contributed by atoms with E-state index in [2.05, 4.69) is 15.3 Å². The highest BCUT2D eigenvalue weighted by molar-refractivity contribution is 6.23. The molecule has 0 amide bonds. The highest BCUT2D eigenvalue weighted by Gasteiger charge is 2.76. The Bertz CT molecular complexity index is 1370. The van der Waals surface area contributed by atoms with Crippen LogP contribution >= 0.6 is 0 Å². The largest absolute Gasteiger partial charge is 0.460 e. The number of amidine groups is 2. The molecule has 0 bridgehead atoms. The molecule has 0 spiro atoms. The van der Waals surface area contributed by atoms with Crippen molar-refractivity contribution in [1.29, 1.82) is 0 Å². The van der Waals surface area contributed by atoms with Gasteiger partial charge in [-0.1, -0.05) is 91.8 Å². The molecule has 17 heteroatoms. The highest BCUT2D eigenvalue weighted by atomic mass is 19.4. The summed E-state index contributed by atoms with van der Waals surface area (Å²) in [5.74, 6) is -37.0. The van der Waals surface area contributed by atoms with Crippen LogP contribution in [0.25, 0.3) is 5.32 Å².